The molecule has 0 radical (unpaired) electrons. The Morgan fingerprint density at radius 3 is 2.69 bits per heavy atom. The molecule has 0 aliphatic carbocycles. The van der Waals surface area contributed by atoms with Gasteiger partial charge in [-0.25, -0.2) is 0 Å². The van der Waals surface area contributed by atoms with Crippen LogP contribution in [0.5, 0.6) is 0 Å². The van der Waals surface area contributed by atoms with Crippen LogP contribution in [0.2, 0.25) is 0 Å². The first-order valence-electron chi connectivity index (χ1n) is 6.25. The fraction of sp³-hybridized carbons (Fsp3) is 0.769. The molecule has 0 bridgehead atoms. The standard InChI is InChI=1S/C13H27N3/c1-5-7-9-16(4)11-15-10-13(14)12(3)8-6-2/h11,13H,3,5-10,14H2,1-2,4H3. The summed E-state index contributed by atoms with van der Waals surface area (Å²) in [6.45, 7) is 10.0. The third-order valence-corrected chi connectivity index (χ3v) is 2.54. The second kappa shape index (κ2) is 9.40. The lowest BCUT2D eigenvalue weighted by molar-refractivity contribution is 0.495. The summed E-state index contributed by atoms with van der Waals surface area (Å²) in [5.41, 5.74) is 7.07. The number of hydrogen-bond donors (Lipinski definition) is 1. The van der Waals surface area contributed by atoms with E-state index in [1.165, 1.54) is 12.8 Å². The first-order chi connectivity index (χ1) is 7.61. The largest absolute Gasteiger partial charge is 0.366 e. The van der Waals surface area contributed by atoms with Gasteiger partial charge < -0.3 is 10.6 Å². The summed E-state index contributed by atoms with van der Waals surface area (Å²) in [6.07, 6.45) is 6.41. The zero-order valence-corrected chi connectivity index (χ0v) is 11.1. The molecule has 3 heteroatoms. The van der Waals surface area contributed by atoms with Crippen molar-refractivity contribution in [2.75, 3.05) is 20.1 Å². The molecule has 0 aromatic carbocycles. The molecule has 0 saturated carbocycles. The maximum atomic E-state index is 5.96. The van der Waals surface area contributed by atoms with Gasteiger partial charge in [-0.2, -0.15) is 0 Å². The molecule has 1 unspecified atom stereocenters. The molecule has 0 aliphatic rings. The van der Waals surface area contributed by atoms with Crippen molar-refractivity contribution in [1.29, 1.82) is 0 Å². The van der Waals surface area contributed by atoms with Gasteiger partial charge in [0, 0.05) is 19.6 Å². The number of nitrogens with zero attached hydrogens (tertiary/aromatic N) is 2. The summed E-state index contributed by atoms with van der Waals surface area (Å²) in [4.78, 5) is 6.45. The molecule has 0 amide bonds. The van der Waals surface area contributed by atoms with Crippen LogP contribution in [0.3, 0.4) is 0 Å². The Kier molecular flexibility index (Phi) is 8.91. The molecule has 3 nitrogen and oxygen atoms in total. The van der Waals surface area contributed by atoms with E-state index in [0.717, 1.165) is 25.0 Å². The number of unbranched alkanes of at least 4 members (excludes halogenated alkanes) is 1. The van der Waals surface area contributed by atoms with E-state index in [9.17, 15) is 0 Å². The quantitative estimate of drug-likeness (QED) is 0.372. The van der Waals surface area contributed by atoms with E-state index in [-0.39, 0.29) is 6.04 Å². The fourth-order valence-corrected chi connectivity index (χ4v) is 1.40. The van der Waals surface area contributed by atoms with E-state index >= 15 is 0 Å². The highest BCUT2D eigenvalue weighted by Crippen LogP contribution is 2.05. The normalized spacial score (nSPS) is 13.0. The van der Waals surface area contributed by atoms with Gasteiger partial charge in [0.25, 0.3) is 0 Å². The lowest BCUT2D eigenvalue weighted by Crippen LogP contribution is -2.26. The Hall–Kier alpha value is -0.830. The van der Waals surface area contributed by atoms with Gasteiger partial charge in [0.15, 0.2) is 0 Å². The zero-order chi connectivity index (χ0) is 12.4. The summed E-state index contributed by atoms with van der Waals surface area (Å²) in [5, 5.41) is 0. The lowest BCUT2D eigenvalue weighted by atomic mass is 10.1. The molecule has 0 saturated heterocycles. The highest BCUT2D eigenvalue weighted by molar-refractivity contribution is 5.54. The third kappa shape index (κ3) is 7.46. The maximum absolute atomic E-state index is 5.96. The molecule has 0 aliphatic heterocycles. The molecular weight excluding hydrogens is 198 g/mol. The molecule has 0 heterocycles. The van der Waals surface area contributed by atoms with Gasteiger partial charge >= 0.3 is 0 Å². The lowest BCUT2D eigenvalue weighted by Gasteiger charge is -2.14. The maximum Gasteiger partial charge on any atom is 0.0848 e. The van der Waals surface area contributed by atoms with E-state index in [2.05, 4.69) is 30.3 Å². The Balaban J connectivity index is 3.76. The van der Waals surface area contributed by atoms with Crippen molar-refractivity contribution in [3.8, 4) is 0 Å². The molecule has 0 rings (SSSR count). The van der Waals surface area contributed by atoms with Crippen LogP contribution in [0, 0.1) is 0 Å². The molecule has 0 aromatic rings. The van der Waals surface area contributed by atoms with E-state index in [1.54, 1.807) is 0 Å². The van der Waals surface area contributed by atoms with Crippen LogP contribution in [-0.4, -0.2) is 37.4 Å². The second-order valence-corrected chi connectivity index (χ2v) is 4.33. The van der Waals surface area contributed by atoms with Crippen LogP contribution in [0.1, 0.15) is 39.5 Å². The Bertz CT molecular complexity index is 211. The zero-order valence-electron chi connectivity index (χ0n) is 11.1. The topological polar surface area (TPSA) is 41.6 Å². The molecule has 0 fully saturated rings. The van der Waals surface area contributed by atoms with Crippen LogP contribution < -0.4 is 5.73 Å². The Morgan fingerprint density at radius 2 is 2.12 bits per heavy atom. The average Bonchev–Trinajstić information content (AvgIpc) is 2.26. The minimum Gasteiger partial charge on any atom is -0.366 e. The third-order valence-electron chi connectivity index (χ3n) is 2.54. The van der Waals surface area contributed by atoms with E-state index in [0.29, 0.717) is 6.54 Å². The summed E-state index contributed by atoms with van der Waals surface area (Å²) >= 11 is 0. The van der Waals surface area contributed by atoms with Gasteiger partial charge in [-0.1, -0.05) is 38.8 Å². The predicted molar refractivity (Wildman–Crippen MR) is 72.9 cm³/mol. The van der Waals surface area contributed by atoms with Crippen LogP contribution >= 0.6 is 0 Å². The predicted octanol–water partition coefficient (Wildman–Crippen LogP) is 2.43. The van der Waals surface area contributed by atoms with Crippen molar-refractivity contribution in [3.05, 3.63) is 12.2 Å². The monoisotopic (exact) mass is 225 g/mol. The number of hydrogen-bond acceptors (Lipinski definition) is 2. The first kappa shape index (κ1) is 15.2. The van der Waals surface area contributed by atoms with Crippen molar-refractivity contribution in [2.45, 2.75) is 45.6 Å². The van der Waals surface area contributed by atoms with Gasteiger partial charge in [-0.3, -0.25) is 4.99 Å². The van der Waals surface area contributed by atoms with Gasteiger partial charge in [-0.15, -0.1) is 0 Å². The van der Waals surface area contributed by atoms with Crippen molar-refractivity contribution < 1.29 is 0 Å². The van der Waals surface area contributed by atoms with Crippen LogP contribution in [0.4, 0.5) is 0 Å². The van der Waals surface area contributed by atoms with E-state index in [1.807, 2.05) is 13.4 Å². The van der Waals surface area contributed by atoms with Crippen molar-refractivity contribution in [3.63, 3.8) is 0 Å². The van der Waals surface area contributed by atoms with Crippen molar-refractivity contribution in [2.24, 2.45) is 10.7 Å². The number of aliphatic imine (C=N–C) groups is 1. The molecular formula is C13H27N3. The number of rotatable bonds is 9. The highest BCUT2D eigenvalue weighted by Gasteiger charge is 2.04. The van der Waals surface area contributed by atoms with E-state index in [4.69, 9.17) is 5.73 Å². The summed E-state index contributed by atoms with van der Waals surface area (Å²) in [7, 11) is 2.05. The van der Waals surface area contributed by atoms with Crippen molar-refractivity contribution in [1.82, 2.24) is 4.90 Å². The highest BCUT2D eigenvalue weighted by atomic mass is 15.1. The van der Waals surface area contributed by atoms with Gasteiger partial charge in [0.05, 0.1) is 12.9 Å². The smallest absolute Gasteiger partial charge is 0.0848 e. The molecule has 0 spiro atoms. The summed E-state index contributed by atoms with van der Waals surface area (Å²) in [6, 6.07) is 0.00998. The van der Waals surface area contributed by atoms with Crippen LogP contribution in [0.25, 0.3) is 0 Å². The minimum absolute atomic E-state index is 0.00998. The van der Waals surface area contributed by atoms with Gasteiger partial charge in [0.1, 0.15) is 0 Å². The molecule has 0 aromatic heterocycles. The van der Waals surface area contributed by atoms with Crippen molar-refractivity contribution >= 4 is 6.34 Å². The van der Waals surface area contributed by atoms with E-state index < -0.39 is 0 Å². The molecule has 1 atom stereocenters. The Labute approximate surface area is 100 Å². The second-order valence-electron chi connectivity index (χ2n) is 4.33. The summed E-state index contributed by atoms with van der Waals surface area (Å²) in [5.74, 6) is 0. The van der Waals surface area contributed by atoms with Gasteiger partial charge in [-0.05, 0) is 12.8 Å². The fourth-order valence-electron chi connectivity index (χ4n) is 1.40. The van der Waals surface area contributed by atoms with Crippen LogP contribution in [-0.2, 0) is 0 Å². The summed E-state index contributed by atoms with van der Waals surface area (Å²) < 4.78 is 0. The first-order valence-corrected chi connectivity index (χ1v) is 6.25. The average molecular weight is 225 g/mol. The molecule has 94 valence electrons. The minimum atomic E-state index is 0.00998. The van der Waals surface area contributed by atoms with Gasteiger partial charge in [0.2, 0.25) is 0 Å². The SMILES string of the molecule is C=C(CCC)C(N)CN=CN(C)CCCC. The number of nitrogens with two attached hydrogens (primary N) is 1. The molecule has 2 N–H and O–H groups in total. The molecule has 16 heavy (non-hydrogen) atoms. The van der Waals surface area contributed by atoms with Crippen LogP contribution in [0.15, 0.2) is 17.1 Å². The Morgan fingerprint density at radius 1 is 1.44 bits per heavy atom.